The molecule has 0 aromatic heterocycles. The van der Waals surface area contributed by atoms with Gasteiger partial charge in [0.1, 0.15) is 11.6 Å². The van der Waals surface area contributed by atoms with Crippen LogP contribution in [0.4, 0.5) is 10.1 Å². The number of carbonyl (C=O) groups excluding carboxylic acids is 2. The number of hydrogen-bond donors (Lipinski definition) is 1. The molecule has 2 aromatic rings. The summed E-state index contributed by atoms with van der Waals surface area (Å²) in [7, 11) is -1.96. The Labute approximate surface area is 192 Å². The lowest BCUT2D eigenvalue weighted by Gasteiger charge is -2.28. The summed E-state index contributed by atoms with van der Waals surface area (Å²) in [6.07, 6.45) is 0.629. The van der Waals surface area contributed by atoms with Crippen LogP contribution in [0, 0.1) is 11.7 Å². The summed E-state index contributed by atoms with van der Waals surface area (Å²) in [6.45, 7) is 0.809. The minimum atomic E-state index is -3.56. The van der Waals surface area contributed by atoms with Gasteiger partial charge in [-0.05, 0) is 53.9 Å². The van der Waals surface area contributed by atoms with Crippen LogP contribution >= 0.6 is 0 Å². The van der Waals surface area contributed by atoms with Crippen molar-refractivity contribution in [2.45, 2.75) is 19.4 Å². The molecule has 8 nitrogen and oxygen atoms in total. The molecular weight excluding hydrogens is 449 g/mol. The van der Waals surface area contributed by atoms with Crippen LogP contribution in [0.15, 0.2) is 42.5 Å². The van der Waals surface area contributed by atoms with Crippen LogP contribution in [-0.4, -0.2) is 57.0 Å². The highest BCUT2D eigenvalue weighted by molar-refractivity contribution is 7.89. The summed E-state index contributed by atoms with van der Waals surface area (Å²) in [4.78, 5) is 26.3. The van der Waals surface area contributed by atoms with Gasteiger partial charge in [0.05, 0.1) is 18.8 Å². The molecule has 2 aliphatic heterocycles. The number of anilines is 1. The Kier molecular flexibility index (Phi) is 6.66. The smallest absolute Gasteiger partial charge is 0.227 e. The predicted molar refractivity (Wildman–Crippen MR) is 121 cm³/mol. The largest absolute Gasteiger partial charge is 0.497 e. The van der Waals surface area contributed by atoms with Gasteiger partial charge in [0.15, 0.2) is 0 Å². The van der Waals surface area contributed by atoms with Crippen LogP contribution < -0.4 is 15.0 Å². The average Bonchev–Trinajstić information content (AvgIpc) is 3.20. The first kappa shape index (κ1) is 23.2. The number of nitrogens with zero attached hydrogens (tertiary/aromatic N) is 2. The fraction of sp³-hybridized carbons (Fsp3) is 0.391. The van der Waals surface area contributed by atoms with Crippen molar-refractivity contribution in [1.82, 2.24) is 9.62 Å². The number of carbonyl (C=O) groups is 2. The molecule has 33 heavy (non-hydrogen) atoms. The number of benzene rings is 2. The van der Waals surface area contributed by atoms with E-state index in [0.29, 0.717) is 25.2 Å². The van der Waals surface area contributed by atoms with Crippen molar-refractivity contribution in [2.75, 3.05) is 37.4 Å². The zero-order valence-corrected chi connectivity index (χ0v) is 19.1. The van der Waals surface area contributed by atoms with E-state index < -0.39 is 21.8 Å². The molecule has 1 N–H and O–H groups in total. The zero-order valence-electron chi connectivity index (χ0n) is 18.3. The maximum atomic E-state index is 13.1. The van der Waals surface area contributed by atoms with Gasteiger partial charge in [0.2, 0.25) is 21.8 Å². The molecule has 176 valence electrons. The van der Waals surface area contributed by atoms with Gasteiger partial charge in [-0.3, -0.25) is 9.59 Å². The Hall–Kier alpha value is -2.98. The molecule has 0 bridgehead atoms. The first-order valence-electron chi connectivity index (χ1n) is 10.7. The Morgan fingerprint density at radius 3 is 2.67 bits per heavy atom. The lowest BCUT2D eigenvalue weighted by atomic mass is 10.0. The lowest BCUT2D eigenvalue weighted by molar-refractivity contribution is -0.126. The number of methoxy groups -OCH3 is 1. The summed E-state index contributed by atoms with van der Waals surface area (Å²) >= 11 is 0. The summed E-state index contributed by atoms with van der Waals surface area (Å²) in [5.41, 5.74) is 2.55. The number of hydrogen-bond acceptors (Lipinski definition) is 5. The highest BCUT2D eigenvalue weighted by atomic mass is 32.2. The second-order valence-corrected chi connectivity index (χ2v) is 10.3. The number of fused-ring (bicyclic) bond motifs is 1. The van der Waals surface area contributed by atoms with E-state index in [1.54, 1.807) is 7.11 Å². The standard InChI is InChI=1S/C23H26FN3O5S/c1-32-21-7-2-17-14-26(10-8-16(17)12-21)33(30,31)11-9-25-23(29)18-13-22(28)27(15-18)20-5-3-19(24)4-6-20/h2-7,12,18H,8-11,13-15H2,1H3,(H,25,29). The summed E-state index contributed by atoms with van der Waals surface area (Å²) < 4.78 is 45.4. The zero-order chi connectivity index (χ0) is 23.6. The monoisotopic (exact) mass is 475 g/mol. The number of ether oxygens (including phenoxy) is 1. The minimum Gasteiger partial charge on any atom is -0.497 e. The third-order valence-corrected chi connectivity index (χ3v) is 7.90. The van der Waals surface area contributed by atoms with E-state index in [0.717, 1.165) is 16.9 Å². The second kappa shape index (κ2) is 9.48. The predicted octanol–water partition coefficient (Wildman–Crippen LogP) is 1.69. The molecule has 0 aliphatic carbocycles. The lowest BCUT2D eigenvalue weighted by Crippen LogP contribution is -2.41. The van der Waals surface area contributed by atoms with Crippen LogP contribution in [0.25, 0.3) is 0 Å². The van der Waals surface area contributed by atoms with Crippen LogP contribution in [0.3, 0.4) is 0 Å². The van der Waals surface area contributed by atoms with E-state index in [9.17, 15) is 22.4 Å². The molecule has 10 heteroatoms. The maximum absolute atomic E-state index is 13.1. The Morgan fingerprint density at radius 2 is 1.94 bits per heavy atom. The quantitative estimate of drug-likeness (QED) is 0.658. The molecule has 2 aliphatic rings. The molecule has 2 amide bonds. The van der Waals surface area contributed by atoms with E-state index >= 15 is 0 Å². The van der Waals surface area contributed by atoms with Gasteiger partial charge in [0.25, 0.3) is 0 Å². The van der Waals surface area contributed by atoms with Gasteiger partial charge in [-0.1, -0.05) is 6.07 Å². The molecule has 0 saturated carbocycles. The van der Waals surface area contributed by atoms with Gasteiger partial charge < -0.3 is 15.0 Å². The van der Waals surface area contributed by atoms with E-state index in [4.69, 9.17) is 4.74 Å². The number of nitrogens with one attached hydrogen (secondary N) is 1. The van der Waals surface area contributed by atoms with E-state index in [1.165, 1.54) is 33.5 Å². The van der Waals surface area contributed by atoms with Crippen molar-refractivity contribution in [3.8, 4) is 5.75 Å². The van der Waals surface area contributed by atoms with E-state index in [2.05, 4.69) is 5.32 Å². The van der Waals surface area contributed by atoms with Crippen LogP contribution in [0.5, 0.6) is 5.75 Å². The molecule has 4 rings (SSSR count). The van der Waals surface area contributed by atoms with E-state index in [-0.39, 0.29) is 37.1 Å². The Balaban J connectivity index is 1.29. The van der Waals surface area contributed by atoms with Crippen molar-refractivity contribution < 1.29 is 27.1 Å². The summed E-state index contributed by atoms with van der Waals surface area (Å²) in [6, 6.07) is 11.1. The molecule has 2 heterocycles. The fourth-order valence-corrected chi connectivity index (χ4v) is 5.52. The number of rotatable bonds is 7. The topological polar surface area (TPSA) is 96.0 Å². The Morgan fingerprint density at radius 1 is 1.18 bits per heavy atom. The van der Waals surface area contributed by atoms with Gasteiger partial charge in [-0.15, -0.1) is 0 Å². The average molecular weight is 476 g/mol. The first-order chi connectivity index (χ1) is 15.8. The van der Waals surface area contributed by atoms with Crippen LogP contribution in [-0.2, 0) is 32.6 Å². The van der Waals surface area contributed by atoms with Crippen molar-refractivity contribution in [1.29, 1.82) is 0 Å². The fourth-order valence-electron chi connectivity index (χ4n) is 4.20. The van der Waals surface area contributed by atoms with E-state index in [1.807, 2.05) is 18.2 Å². The van der Waals surface area contributed by atoms with Crippen molar-refractivity contribution in [2.24, 2.45) is 5.92 Å². The second-order valence-electron chi connectivity index (χ2n) is 8.21. The van der Waals surface area contributed by atoms with Crippen molar-refractivity contribution in [3.63, 3.8) is 0 Å². The Bertz CT molecular complexity index is 1150. The number of amides is 2. The summed E-state index contributed by atoms with van der Waals surface area (Å²) in [5, 5.41) is 2.66. The number of halogens is 1. The first-order valence-corrected chi connectivity index (χ1v) is 12.3. The molecule has 1 atom stereocenters. The molecule has 2 aromatic carbocycles. The molecule has 0 spiro atoms. The molecule has 0 radical (unpaired) electrons. The van der Waals surface area contributed by atoms with Crippen molar-refractivity contribution >= 4 is 27.5 Å². The normalized spacial score (nSPS) is 18.8. The highest BCUT2D eigenvalue weighted by Gasteiger charge is 2.35. The molecule has 1 unspecified atom stereocenters. The third-order valence-electron chi connectivity index (χ3n) is 6.08. The van der Waals surface area contributed by atoms with Gasteiger partial charge in [-0.2, -0.15) is 4.31 Å². The van der Waals surface area contributed by atoms with Crippen LogP contribution in [0.1, 0.15) is 17.5 Å². The molecule has 1 saturated heterocycles. The summed E-state index contributed by atoms with van der Waals surface area (Å²) in [5.74, 6) is -1.04. The van der Waals surface area contributed by atoms with Crippen LogP contribution in [0.2, 0.25) is 0 Å². The highest BCUT2D eigenvalue weighted by Crippen LogP contribution is 2.26. The van der Waals surface area contributed by atoms with Gasteiger partial charge in [-0.25, -0.2) is 12.8 Å². The SMILES string of the molecule is COc1ccc2c(c1)CCN(S(=O)(=O)CCNC(=O)C1CC(=O)N(c3ccc(F)cc3)C1)C2. The minimum absolute atomic E-state index is 0.0301. The third kappa shape index (κ3) is 5.17. The van der Waals surface area contributed by atoms with Gasteiger partial charge >= 0.3 is 0 Å². The van der Waals surface area contributed by atoms with Crippen molar-refractivity contribution in [3.05, 3.63) is 59.4 Å². The molecule has 1 fully saturated rings. The number of sulfonamides is 1. The maximum Gasteiger partial charge on any atom is 0.227 e. The van der Waals surface area contributed by atoms with Gasteiger partial charge in [0, 0.05) is 38.3 Å². The molecular formula is C23H26FN3O5S.